The van der Waals surface area contributed by atoms with Gasteiger partial charge in [-0.3, -0.25) is 9.59 Å². The minimum atomic E-state index is -4.59. The number of hydrogen-bond donors (Lipinski definition) is 1. The van der Waals surface area contributed by atoms with E-state index in [1.165, 1.54) is 18.4 Å². The molecule has 1 amide bonds. The molecule has 39 heavy (non-hydrogen) atoms. The van der Waals surface area contributed by atoms with Crippen LogP contribution in [0.3, 0.4) is 0 Å². The molecule has 6 nitrogen and oxygen atoms in total. The van der Waals surface area contributed by atoms with Gasteiger partial charge in [0.2, 0.25) is 0 Å². The van der Waals surface area contributed by atoms with Crippen LogP contribution in [0.15, 0.2) is 60.1 Å². The number of aromatic nitrogens is 2. The highest BCUT2D eigenvalue weighted by Gasteiger charge is 2.33. The zero-order valence-corrected chi connectivity index (χ0v) is 22.1. The summed E-state index contributed by atoms with van der Waals surface area (Å²) in [5.41, 5.74) is 1.29. The predicted octanol–water partition coefficient (Wildman–Crippen LogP) is 6.54. The van der Waals surface area contributed by atoms with E-state index in [1.807, 2.05) is 35.7 Å². The molecule has 4 aromatic rings. The number of thiazole rings is 1. The van der Waals surface area contributed by atoms with E-state index in [0.29, 0.717) is 36.8 Å². The van der Waals surface area contributed by atoms with E-state index in [4.69, 9.17) is 9.72 Å². The first-order chi connectivity index (χ1) is 18.7. The summed E-state index contributed by atoms with van der Waals surface area (Å²) < 4.78 is 47.7. The molecule has 10 heteroatoms. The topological polar surface area (TPSA) is 73.2 Å². The second-order valence-corrected chi connectivity index (χ2v) is 10.7. The molecule has 1 aliphatic carbocycles. The molecular formula is C29H28F3N3O3S. The molecule has 2 aromatic heterocycles. The first-order valence-corrected chi connectivity index (χ1v) is 13.7. The van der Waals surface area contributed by atoms with Crippen molar-refractivity contribution in [1.29, 1.82) is 0 Å². The number of methoxy groups -OCH3 is 1. The Hall–Kier alpha value is -3.66. The van der Waals surface area contributed by atoms with Crippen LogP contribution in [-0.2, 0) is 22.3 Å². The third-order valence-corrected chi connectivity index (χ3v) is 8.21. The van der Waals surface area contributed by atoms with E-state index in [2.05, 4.69) is 5.32 Å². The highest BCUT2D eigenvalue weighted by atomic mass is 32.1. The highest BCUT2D eigenvalue weighted by Crippen LogP contribution is 2.35. The first kappa shape index (κ1) is 26.9. The number of halogens is 3. The molecule has 5 rings (SSSR count). The van der Waals surface area contributed by atoms with E-state index < -0.39 is 17.6 Å². The summed E-state index contributed by atoms with van der Waals surface area (Å²) in [4.78, 5) is 29.8. The Kier molecular flexibility index (Phi) is 7.74. The number of fused-ring (bicyclic) bond motifs is 1. The fraction of sp³-hybridized carbons (Fsp3) is 0.345. The third-order valence-electron chi connectivity index (χ3n) is 7.27. The molecule has 204 valence electrons. The molecule has 2 heterocycles. The first-order valence-electron chi connectivity index (χ1n) is 12.8. The summed E-state index contributed by atoms with van der Waals surface area (Å²) >= 11 is 1.49. The molecule has 0 aliphatic heterocycles. The summed E-state index contributed by atoms with van der Waals surface area (Å²) in [5.74, 6) is -0.763. The number of alkyl halides is 3. The van der Waals surface area contributed by atoms with Crippen molar-refractivity contribution in [3.63, 3.8) is 0 Å². The van der Waals surface area contributed by atoms with E-state index in [0.717, 1.165) is 41.2 Å². The molecule has 1 N–H and O–H groups in total. The van der Waals surface area contributed by atoms with Gasteiger partial charge in [-0.25, -0.2) is 4.98 Å². The molecule has 1 aliphatic rings. The van der Waals surface area contributed by atoms with Gasteiger partial charge in [0.05, 0.1) is 41.9 Å². The molecule has 0 spiro atoms. The summed E-state index contributed by atoms with van der Waals surface area (Å²) in [6.07, 6.45) is -0.0801. The number of carbonyl (C=O) groups is 2. The minimum Gasteiger partial charge on any atom is -0.469 e. The van der Waals surface area contributed by atoms with Crippen LogP contribution in [0.5, 0.6) is 0 Å². The highest BCUT2D eigenvalue weighted by molar-refractivity contribution is 7.13. The Morgan fingerprint density at radius 2 is 1.85 bits per heavy atom. The summed E-state index contributed by atoms with van der Waals surface area (Å²) in [5, 5.41) is 5.96. The van der Waals surface area contributed by atoms with E-state index in [1.54, 1.807) is 16.8 Å². The Morgan fingerprint density at radius 1 is 1.10 bits per heavy atom. The summed E-state index contributed by atoms with van der Waals surface area (Å²) in [6.45, 7) is 0.647. The van der Waals surface area contributed by atoms with Gasteiger partial charge in [0.15, 0.2) is 0 Å². The van der Waals surface area contributed by atoms with E-state index in [-0.39, 0.29) is 23.4 Å². The third kappa shape index (κ3) is 6.00. The van der Waals surface area contributed by atoms with Crippen LogP contribution in [0.2, 0.25) is 0 Å². The fourth-order valence-electron chi connectivity index (χ4n) is 5.19. The molecule has 0 radical (unpaired) electrons. The Morgan fingerprint density at radius 3 is 2.54 bits per heavy atom. The molecule has 1 fully saturated rings. The zero-order chi connectivity index (χ0) is 27.6. The fourth-order valence-corrected chi connectivity index (χ4v) is 6.00. The molecule has 1 saturated carbocycles. The van der Waals surface area contributed by atoms with Crippen molar-refractivity contribution < 1.29 is 27.5 Å². The van der Waals surface area contributed by atoms with Crippen molar-refractivity contribution in [3.05, 3.63) is 76.9 Å². The smallest absolute Gasteiger partial charge is 0.416 e. The minimum absolute atomic E-state index is 0.0217. The number of ether oxygens (including phenoxy) is 1. The largest absolute Gasteiger partial charge is 0.469 e. The molecule has 0 atom stereocenters. The van der Waals surface area contributed by atoms with Crippen molar-refractivity contribution in [2.24, 2.45) is 11.8 Å². The SMILES string of the molecule is COC(=O)[C@H]1CC[C@H](CNC(=O)c2cc(C(F)(F)F)cc3ccn(Cc4csc(-c5ccccc5)n4)c23)CC1. The number of rotatable bonds is 7. The van der Waals surface area contributed by atoms with Gasteiger partial charge < -0.3 is 14.6 Å². The van der Waals surface area contributed by atoms with Crippen LogP contribution in [0.1, 0.15) is 47.3 Å². The van der Waals surface area contributed by atoms with E-state index in [9.17, 15) is 22.8 Å². The van der Waals surface area contributed by atoms with Gasteiger partial charge in [-0.2, -0.15) is 13.2 Å². The molecule has 2 aromatic carbocycles. The normalized spacial score (nSPS) is 17.7. The van der Waals surface area contributed by atoms with Gasteiger partial charge in [0.1, 0.15) is 5.01 Å². The van der Waals surface area contributed by atoms with Gasteiger partial charge in [0.25, 0.3) is 5.91 Å². The average Bonchev–Trinajstić information content (AvgIpc) is 3.58. The monoisotopic (exact) mass is 555 g/mol. The van der Waals surface area contributed by atoms with Crippen LogP contribution < -0.4 is 5.32 Å². The Bertz CT molecular complexity index is 1470. The van der Waals surface area contributed by atoms with Gasteiger partial charge in [-0.05, 0) is 49.8 Å². The van der Waals surface area contributed by atoms with Gasteiger partial charge >= 0.3 is 12.1 Å². The van der Waals surface area contributed by atoms with Crippen molar-refractivity contribution in [1.82, 2.24) is 14.9 Å². The lowest BCUT2D eigenvalue weighted by molar-refractivity contribution is -0.146. The van der Waals surface area contributed by atoms with Gasteiger partial charge in [-0.15, -0.1) is 11.3 Å². The summed E-state index contributed by atoms with van der Waals surface area (Å²) in [7, 11) is 1.37. The van der Waals surface area contributed by atoms with Crippen molar-refractivity contribution in [2.45, 2.75) is 38.4 Å². The number of nitrogens with zero attached hydrogens (tertiary/aromatic N) is 2. The maximum absolute atomic E-state index is 13.7. The average molecular weight is 556 g/mol. The number of esters is 1. The standard InChI is InChI=1S/C29H28F3N3O3S/c1-38-28(37)20-9-7-18(8-10-20)15-33-26(36)24-14-22(29(30,31)32)13-21-11-12-35(25(21)24)16-23-17-39-27(34-23)19-5-3-2-4-6-19/h2-6,11-14,17-18,20H,7-10,15-16H2,1H3,(H,33,36)/t18-,20-. The van der Waals surface area contributed by atoms with Crippen LogP contribution in [0.25, 0.3) is 21.5 Å². The number of benzene rings is 2. The quantitative estimate of drug-likeness (QED) is 0.263. The predicted molar refractivity (Wildman–Crippen MR) is 143 cm³/mol. The Balaban J connectivity index is 1.38. The number of hydrogen-bond acceptors (Lipinski definition) is 5. The number of carbonyl (C=O) groups excluding carboxylic acids is 2. The van der Waals surface area contributed by atoms with Crippen LogP contribution in [0.4, 0.5) is 13.2 Å². The number of amides is 1. The van der Waals surface area contributed by atoms with Crippen LogP contribution in [0, 0.1) is 11.8 Å². The lowest BCUT2D eigenvalue weighted by atomic mass is 9.82. The molecule has 0 bridgehead atoms. The second-order valence-electron chi connectivity index (χ2n) is 9.86. The van der Waals surface area contributed by atoms with Crippen LogP contribution >= 0.6 is 11.3 Å². The zero-order valence-electron chi connectivity index (χ0n) is 21.3. The van der Waals surface area contributed by atoms with Gasteiger partial charge in [0, 0.05) is 29.1 Å². The van der Waals surface area contributed by atoms with Crippen LogP contribution in [-0.4, -0.2) is 35.1 Å². The molecular weight excluding hydrogens is 527 g/mol. The number of nitrogens with one attached hydrogen (secondary N) is 1. The van der Waals surface area contributed by atoms with E-state index >= 15 is 0 Å². The van der Waals surface area contributed by atoms with Crippen molar-refractivity contribution in [3.8, 4) is 10.6 Å². The molecule has 0 unspecified atom stereocenters. The second kappa shape index (κ2) is 11.2. The lowest BCUT2D eigenvalue weighted by Gasteiger charge is -2.27. The molecule has 0 saturated heterocycles. The summed E-state index contributed by atoms with van der Waals surface area (Å²) in [6, 6.07) is 13.3. The van der Waals surface area contributed by atoms with Crippen molar-refractivity contribution >= 4 is 34.1 Å². The lowest BCUT2D eigenvalue weighted by Crippen LogP contribution is -2.33. The Labute approximate surface area is 227 Å². The maximum Gasteiger partial charge on any atom is 0.416 e. The van der Waals surface area contributed by atoms with Crippen molar-refractivity contribution in [2.75, 3.05) is 13.7 Å². The maximum atomic E-state index is 13.7. The van der Waals surface area contributed by atoms with Gasteiger partial charge in [-0.1, -0.05) is 30.3 Å².